The van der Waals surface area contributed by atoms with Gasteiger partial charge in [0.1, 0.15) is 16.5 Å². The van der Waals surface area contributed by atoms with Crippen molar-refractivity contribution in [1.82, 2.24) is 19.0 Å². The van der Waals surface area contributed by atoms with Crippen LogP contribution in [-0.2, 0) is 21.9 Å². The number of carbonyl (C=O) groups excluding carboxylic acids is 1. The van der Waals surface area contributed by atoms with Crippen molar-refractivity contribution in [3.05, 3.63) is 53.9 Å². The van der Waals surface area contributed by atoms with Crippen LogP contribution in [0.4, 0.5) is 8.78 Å². The molecule has 0 bridgehead atoms. The highest BCUT2D eigenvalue weighted by molar-refractivity contribution is 7.89. The fourth-order valence-corrected chi connectivity index (χ4v) is 4.24. The van der Waals surface area contributed by atoms with E-state index >= 15 is 0 Å². The van der Waals surface area contributed by atoms with E-state index < -0.39 is 26.6 Å². The van der Waals surface area contributed by atoms with Gasteiger partial charge < -0.3 is 4.90 Å². The maximum atomic E-state index is 13.8. The lowest BCUT2D eigenvalue weighted by molar-refractivity contribution is -0.127. The molecular formula is C17H18F2N4O3S. The van der Waals surface area contributed by atoms with Gasteiger partial charge in [-0.25, -0.2) is 17.2 Å². The zero-order valence-electron chi connectivity index (χ0n) is 14.5. The second-order valence-corrected chi connectivity index (χ2v) is 7.99. The smallest absolute Gasteiger partial charge is 0.246 e. The third kappa shape index (κ3) is 4.22. The van der Waals surface area contributed by atoms with Crippen LogP contribution < -0.4 is 0 Å². The molecule has 3 rings (SSSR count). The van der Waals surface area contributed by atoms with Crippen molar-refractivity contribution < 1.29 is 22.0 Å². The van der Waals surface area contributed by atoms with E-state index in [0.29, 0.717) is 6.07 Å². The van der Waals surface area contributed by atoms with Crippen molar-refractivity contribution in [2.24, 2.45) is 7.05 Å². The van der Waals surface area contributed by atoms with E-state index in [0.717, 1.165) is 22.0 Å². The fraction of sp³-hybridized carbons (Fsp3) is 0.294. The molecule has 1 aliphatic heterocycles. The first-order valence-corrected chi connectivity index (χ1v) is 9.62. The van der Waals surface area contributed by atoms with Crippen LogP contribution in [0.25, 0.3) is 6.08 Å². The first kappa shape index (κ1) is 19.2. The molecular weight excluding hydrogens is 378 g/mol. The van der Waals surface area contributed by atoms with Crippen molar-refractivity contribution in [3.63, 3.8) is 0 Å². The van der Waals surface area contributed by atoms with Crippen molar-refractivity contribution in [1.29, 1.82) is 0 Å². The van der Waals surface area contributed by atoms with E-state index in [1.165, 1.54) is 11.0 Å². The number of hydrogen-bond acceptors (Lipinski definition) is 4. The Bertz CT molecular complexity index is 980. The minimum atomic E-state index is -4.09. The highest BCUT2D eigenvalue weighted by Gasteiger charge is 2.31. The highest BCUT2D eigenvalue weighted by atomic mass is 32.2. The molecule has 1 aromatic carbocycles. The maximum absolute atomic E-state index is 13.8. The molecule has 0 unspecified atom stereocenters. The van der Waals surface area contributed by atoms with E-state index in [-0.39, 0.29) is 32.1 Å². The average Bonchev–Trinajstić information content (AvgIpc) is 3.05. The number of carbonyl (C=O) groups is 1. The summed E-state index contributed by atoms with van der Waals surface area (Å²) in [4.78, 5) is 13.2. The molecule has 0 spiro atoms. The predicted octanol–water partition coefficient (Wildman–Crippen LogP) is 1.24. The summed E-state index contributed by atoms with van der Waals surface area (Å²) in [7, 11) is -2.32. The number of amides is 1. The molecule has 0 radical (unpaired) electrons. The summed E-state index contributed by atoms with van der Waals surface area (Å²) in [5.74, 6) is -2.22. The Hall–Kier alpha value is -2.59. The van der Waals surface area contributed by atoms with E-state index in [1.54, 1.807) is 30.2 Å². The number of rotatable bonds is 4. The van der Waals surface area contributed by atoms with Gasteiger partial charge >= 0.3 is 0 Å². The Morgan fingerprint density at radius 2 is 1.89 bits per heavy atom. The van der Waals surface area contributed by atoms with E-state index in [2.05, 4.69) is 5.10 Å². The summed E-state index contributed by atoms with van der Waals surface area (Å²) in [5.41, 5.74) is 0.777. The third-order valence-electron chi connectivity index (χ3n) is 4.21. The number of aromatic nitrogens is 2. The average molecular weight is 396 g/mol. The summed E-state index contributed by atoms with van der Waals surface area (Å²) in [6.07, 6.45) is 6.41. The van der Waals surface area contributed by atoms with Crippen molar-refractivity contribution in [3.8, 4) is 0 Å². The van der Waals surface area contributed by atoms with E-state index in [1.807, 2.05) is 0 Å². The van der Waals surface area contributed by atoms with Gasteiger partial charge in [-0.1, -0.05) is 0 Å². The molecule has 1 aliphatic rings. The molecule has 0 N–H and O–H groups in total. The molecule has 27 heavy (non-hydrogen) atoms. The minimum absolute atomic E-state index is 0.0334. The molecule has 2 heterocycles. The summed E-state index contributed by atoms with van der Waals surface area (Å²) in [5, 5.41) is 4.00. The molecule has 7 nitrogen and oxygen atoms in total. The fourth-order valence-electron chi connectivity index (χ4n) is 2.77. The van der Waals surface area contributed by atoms with Gasteiger partial charge in [-0.15, -0.1) is 0 Å². The minimum Gasteiger partial charge on any atom is -0.337 e. The highest BCUT2D eigenvalue weighted by Crippen LogP contribution is 2.21. The largest absolute Gasteiger partial charge is 0.337 e. The van der Waals surface area contributed by atoms with E-state index in [4.69, 9.17) is 0 Å². The summed E-state index contributed by atoms with van der Waals surface area (Å²) < 4.78 is 54.7. The van der Waals surface area contributed by atoms with Gasteiger partial charge in [0.25, 0.3) is 0 Å². The number of sulfonamides is 1. The molecule has 1 amide bonds. The molecule has 10 heteroatoms. The quantitative estimate of drug-likeness (QED) is 0.729. The number of aryl methyl sites for hydroxylation is 1. The molecule has 0 aliphatic carbocycles. The van der Waals surface area contributed by atoms with Crippen LogP contribution in [-0.4, -0.2) is 59.5 Å². The lowest BCUT2D eigenvalue weighted by Crippen LogP contribution is -2.50. The number of piperazine rings is 1. The topological polar surface area (TPSA) is 75.5 Å². The first-order chi connectivity index (χ1) is 12.8. The van der Waals surface area contributed by atoms with Crippen molar-refractivity contribution in [2.45, 2.75) is 4.90 Å². The monoisotopic (exact) mass is 396 g/mol. The molecule has 2 aromatic rings. The van der Waals surface area contributed by atoms with Crippen LogP contribution in [0.15, 0.2) is 41.6 Å². The summed E-state index contributed by atoms with van der Waals surface area (Å²) in [6, 6.07) is 2.35. The van der Waals surface area contributed by atoms with Crippen molar-refractivity contribution >= 4 is 22.0 Å². The van der Waals surface area contributed by atoms with Crippen LogP contribution in [0.2, 0.25) is 0 Å². The zero-order chi connectivity index (χ0) is 19.6. The SMILES string of the molecule is Cn1cc(/C=C/C(=O)N2CCN(S(=O)(=O)c3ccc(F)cc3F)CC2)cn1. The van der Waals surface area contributed by atoms with Crippen LogP contribution in [0, 0.1) is 11.6 Å². The Morgan fingerprint density at radius 1 is 1.19 bits per heavy atom. The van der Waals surface area contributed by atoms with Gasteiger partial charge in [0.15, 0.2) is 0 Å². The molecule has 144 valence electrons. The van der Waals surface area contributed by atoms with E-state index in [9.17, 15) is 22.0 Å². The lowest BCUT2D eigenvalue weighted by Gasteiger charge is -2.33. The van der Waals surface area contributed by atoms with Crippen LogP contribution in [0.1, 0.15) is 5.56 Å². The third-order valence-corrected chi connectivity index (χ3v) is 6.14. The summed E-state index contributed by atoms with van der Waals surface area (Å²) >= 11 is 0. The number of benzene rings is 1. The Balaban J connectivity index is 1.64. The first-order valence-electron chi connectivity index (χ1n) is 8.18. The normalized spacial score (nSPS) is 16.2. The second-order valence-electron chi connectivity index (χ2n) is 6.08. The van der Waals surface area contributed by atoms with Crippen LogP contribution >= 0.6 is 0 Å². The van der Waals surface area contributed by atoms with Gasteiger partial charge in [0, 0.05) is 57.1 Å². The van der Waals surface area contributed by atoms with Crippen LogP contribution in [0.5, 0.6) is 0 Å². The molecule has 0 atom stereocenters. The number of nitrogens with zero attached hydrogens (tertiary/aromatic N) is 4. The standard InChI is InChI=1S/C17H18F2N4O3S/c1-21-12-13(11-20-21)2-5-17(24)22-6-8-23(9-7-22)27(25,26)16-4-3-14(18)10-15(16)19/h2-5,10-12H,6-9H2,1H3/b5-2+. The lowest BCUT2D eigenvalue weighted by atomic mass is 10.3. The molecule has 1 aromatic heterocycles. The Morgan fingerprint density at radius 3 is 2.48 bits per heavy atom. The van der Waals surface area contributed by atoms with Gasteiger partial charge in [0.05, 0.1) is 6.20 Å². The van der Waals surface area contributed by atoms with Gasteiger partial charge in [0.2, 0.25) is 15.9 Å². The molecule has 0 saturated carbocycles. The molecule has 1 fully saturated rings. The Kier molecular flexibility index (Phi) is 5.38. The van der Waals surface area contributed by atoms with Crippen LogP contribution in [0.3, 0.4) is 0 Å². The predicted molar refractivity (Wildman–Crippen MR) is 93.9 cm³/mol. The second kappa shape index (κ2) is 7.57. The summed E-state index contributed by atoms with van der Waals surface area (Å²) in [6.45, 7) is 0.424. The maximum Gasteiger partial charge on any atom is 0.246 e. The number of hydrogen-bond donors (Lipinski definition) is 0. The zero-order valence-corrected chi connectivity index (χ0v) is 15.4. The van der Waals surface area contributed by atoms with Gasteiger partial charge in [-0.3, -0.25) is 9.48 Å². The van der Waals surface area contributed by atoms with Crippen molar-refractivity contribution in [2.75, 3.05) is 26.2 Å². The molecule has 1 saturated heterocycles. The van der Waals surface area contributed by atoms with Gasteiger partial charge in [-0.2, -0.15) is 9.40 Å². The number of halogens is 2. The Labute approximate surface area is 155 Å². The van der Waals surface area contributed by atoms with Gasteiger partial charge in [-0.05, 0) is 18.2 Å².